The van der Waals surface area contributed by atoms with Gasteiger partial charge in [0.25, 0.3) is 0 Å². The van der Waals surface area contributed by atoms with Crippen LogP contribution in [0.4, 0.5) is 13.2 Å². The zero-order valence-electron chi connectivity index (χ0n) is 9.67. The highest BCUT2D eigenvalue weighted by molar-refractivity contribution is 5.05. The molecule has 1 heterocycles. The predicted molar refractivity (Wildman–Crippen MR) is 57.6 cm³/mol. The summed E-state index contributed by atoms with van der Waals surface area (Å²) in [5.74, 6) is 0. The third-order valence-corrected chi connectivity index (χ3v) is 3.18. The topological polar surface area (TPSA) is 29.9 Å². The van der Waals surface area contributed by atoms with Crippen molar-refractivity contribution in [2.45, 2.75) is 44.4 Å². The van der Waals surface area contributed by atoms with Crippen LogP contribution in [0.2, 0.25) is 0 Å². The first-order chi connectivity index (χ1) is 8.02. The number of alkyl halides is 3. The van der Waals surface area contributed by atoms with E-state index in [-0.39, 0.29) is 12.1 Å². The lowest BCUT2D eigenvalue weighted by molar-refractivity contribution is -0.141. The summed E-state index contributed by atoms with van der Waals surface area (Å²) in [6.07, 6.45) is 0.000587. The van der Waals surface area contributed by atoms with Crippen molar-refractivity contribution >= 4 is 0 Å². The van der Waals surface area contributed by atoms with Crippen molar-refractivity contribution in [1.29, 1.82) is 0 Å². The van der Waals surface area contributed by atoms with Crippen LogP contribution >= 0.6 is 0 Å². The Labute approximate surface area is 98.0 Å². The second-order valence-electron chi connectivity index (χ2n) is 4.34. The standard InChI is InChI=1S/C11H16F3N3/c1-2-15-8-4-3-5-9(8)17-7-6-10(16-17)11(12,13)14/h6-9,15H,2-5H2,1H3. The number of rotatable bonds is 3. The predicted octanol–water partition coefficient (Wildman–Crippen LogP) is 2.61. The largest absolute Gasteiger partial charge is 0.435 e. The van der Waals surface area contributed by atoms with Crippen LogP contribution in [0, 0.1) is 0 Å². The summed E-state index contributed by atoms with van der Waals surface area (Å²) in [5, 5.41) is 6.95. The van der Waals surface area contributed by atoms with Crippen molar-refractivity contribution in [2.75, 3.05) is 6.54 Å². The van der Waals surface area contributed by atoms with Crippen molar-refractivity contribution in [2.24, 2.45) is 0 Å². The van der Waals surface area contributed by atoms with E-state index in [9.17, 15) is 13.2 Å². The minimum atomic E-state index is -4.35. The molecule has 1 saturated carbocycles. The zero-order valence-corrected chi connectivity index (χ0v) is 9.67. The highest BCUT2D eigenvalue weighted by Crippen LogP contribution is 2.32. The molecule has 0 saturated heterocycles. The summed E-state index contributed by atoms with van der Waals surface area (Å²) in [5.41, 5.74) is -0.806. The molecule has 1 aromatic rings. The molecule has 0 spiro atoms. The van der Waals surface area contributed by atoms with Crippen LogP contribution < -0.4 is 5.32 Å². The molecule has 0 bridgehead atoms. The lowest BCUT2D eigenvalue weighted by Crippen LogP contribution is -2.34. The maximum absolute atomic E-state index is 12.4. The first-order valence-electron chi connectivity index (χ1n) is 5.88. The van der Waals surface area contributed by atoms with Crippen LogP contribution in [0.25, 0.3) is 0 Å². The number of aromatic nitrogens is 2. The smallest absolute Gasteiger partial charge is 0.312 e. The molecule has 1 N–H and O–H groups in total. The maximum atomic E-state index is 12.4. The average Bonchev–Trinajstić information content (AvgIpc) is 2.82. The van der Waals surface area contributed by atoms with Crippen LogP contribution in [0.5, 0.6) is 0 Å². The van der Waals surface area contributed by atoms with E-state index in [1.165, 1.54) is 10.9 Å². The second-order valence-corrected chi connectivity index (χ2v) is 4.34. The molecule has 1 aliphatic rings. The Morgan fingerprint density at radius 1 is 1.47 bits per heavy atom. The normalized spacial score (nSPS) is 25.4. The number of hydrogen-bond acceptors (Lipinski definition) is 2. The third-order valence-electron chi connectivity index (χ3n) is 3.18. The summed E-state index contributed by atoms with van der Waals surface area (Å²) in [7, 11) is 0. The number of nitrogens with zero attached hydrogens (tertiary/aromatic N) is 2. The van der Waals surface area contributed by atoms with E-state index < -0.39 is 11.9 Å². The van der Waals surface area contributed by atoms with Gasteiger partial charge in [0.15, 0.2) is 5.69 Å². The molecular weight excluding hydrogens is 231 g/mol. The minimum absolute atomic E-state index is 0.0473. The zero-order chi connectivity index (χ0) is 12.5. The van der Waals surface area contributed by atoms with E-state index in [4.69, 9.17) is 0 Å². The van der Waals surface area contributed by atoms with Crippen molar-refractivity contribution in [1.82, 2.24) is 15.1 Å². The molecule has 96 valence electrons. The third kappa shape index (κ3) is 2.62. The SMILES string of the molecule is CCNC1CCCC1n1ccc(C(F)(F)F)n1. The van der Waals surface area contributed by atoms with Crippen LogP contribution in [-0.4, -0.2) is 22.4 Å². The second kappa shape index (κ2) is 4.68. The Kier molecular flexibility index (Phi) is 3.42. The summed E-state index contributed by atoms with van der Waals surface area (Å²) in [4.78, 5) is 0. The van der Waals surface area contributed by atoms with Gasteiger partial charge in [-0.05, 0) is 31.9 Å². The summed E-state index contributed by atoms with van der Waals surface area (Å²) < 4.78 is 38.8. The van der Waals surface area contributed by atoms with Gasteiger partial charge in [-0.1, -0.05) is 6.92 Å². The molecule has 17 heavy (non-hydrogen) atoms. The van der Waals surface area contributed by atoms with Gasteiger partial charge in [0.05, 0.1) is 6.04 Å². The van der Waals surface area contributed by atoms with E-state index in [0.29, 0.717) is 0 Å². The van der Waals surface area contributed by atoms with Crippen molar-refractivity contribution in [3.05, 3.63) is 18.0 Å². The fraction of sp³-hybridized carbons (Fsp3) is 0.727. The highest BCUT2D eigenvalue weighted by Gasteiger charge is 2.35. The Morgan fingerprint density at radius 3 is 2.82 bits per heavy atom. The van der Waals surface area contributed by atoms with E-state index in [1.807, 2.05) is 6.92 Å². The van der Waals surface area contributed by atoms with E-state index >= 15 is 0 Å². The van der Waals surface area contributed by atoms with Gasteiger partial charge in [0.1, 0.15) is 0 Å². The fourth-order valence-corrected chi connectivity index (χ4v) is 2.43. The molecule has 3 nitrogen and oxygen atoms in total. The quantitative estimate of drug-likeness (QED) is 0.889. The van der Waals surface area contributed by atoms with Crippen molar-refractivity contribution in [3.8, 4) is 0 Å². The number of likely N-dealkylation sites (N-methyl/N-ethyl adjacent to an activating group) is 1. The molecule has 1 aromatic heterocycles. The first kappa shape index (κ1) is 12.4. The molecule has 6 heteroatoms. The first-order valence-corrected chi connectivity index (χ1v) is 5.88. The van der Waals surface area contributed by atoms with Crippen LogP contribution in [-0.2, 0) is 6.18 Å². The van der Waals surface area contributed by atoms with Gasteiger partial charge < -0.3 is 5.32 Å². The molecule has 1 aliphatic carbocycles. The van der Waals surface area contributed by atoms with Gasteiger partial charge in [0, 0.05) is 12.2 Å². The fourth-order valence-electron chi connectivity index (χ4n) is 2.43. The number of nitrogens with one attached hydrogen (secondary N) is 1. The molecule has 1 fully saturated rings. The lowest BCUT2D eigenvalue weighted by Gasteiger charge is -2.20. The molecular formula is C11H16F3N3. The monoisotopic (exact) mass is 247 g/mol. The Balaban J connectivity index is 2.14. The Bertz CT molecular complexity index is 372. The Hall–Kier alpha value is -1.04. The lowest BCUT2D eigenvalue weighted by atomic mass is 10.2. The van der Waals surface area contributed by atoms with E-state index in [2.05, 4.69) is 10.4 Å². The summed E-state index contributed by atoms with van der Waals surface area (Å²) >= 11 is 0. The van der Waals surface area contributed by atoms with Gasteiger partial charge in [0.2, 0.25) is 0 Å². The molecule has 0 aliphatic heterocycles. The molecule has 0 aromatic carbocycles. The molecule has 2 rings (SSSR count). The minimum Gasteiger partial charge on any atom is -0.312 e. The van der Waals surface area contributed by atoms with Crippen molar-refractivity contribution < 1.29 is 13.2 Å². The van der Waals surface area contributed by atoms with Crippen LogP contribution in [0.15, 0.2) is 12.3 Å². The molecule has 2 unspecified atom stereocenters. The van der Waals surface area contributed by atoms with Gasteiger partial charge >= 0.3 is 6.18 Å². The van der Waals surface area contributed by atoms with Crippen LogP contribution in [0.1, 0.15) is 37.9 Å². The molecule has 2 atom stereocenters. The van der Waals surface area contributed by atoms with Crippen molar-refractivity contribution in [3.63, 3.8) is 0 Å². The summed E-state index contributed by atoms with van der Waals surface area (Å²) in [6, 6.07) is 1.33. The van der Waals surface area contributed by atoms with E-state index in [0.717, 1.165) is 31.9 Å². The van der Waals surface area contributed by atoms with Gasteiger partial charge in [-0.15, -0.1) is 0 Å². The average molecular weight is 247 g/mol. The van der Waals surface area contributed by atoms with E-state index in [1.54, 1.807) is 0 Å². The molecule has 0 amide bonds. The summed E-state index contributed by atoms with van der Waals surface area (Å²) in [6.45, 7) is 2.83. The highest BCUT2D eigenvalue weighted by atomic mass is 19.4. The van der Waals surface area contributed by atoms with Gasteiger partial charge in [-0.25, -0.2) is 0 Å². The maximum Gasteiger partial charge on any atom is 0.435 e. The van der Waals surface area contributed by atoms with Crippen LogP contribution in [0.3, 0.4) is 0 Å². The number of hydrogen-bond donors (Lipinski definition) is 1. The van der Waals surface area contributed by atoms with Gasteiger partial charge in [-0.3, -0.25) is 4.68 Å². The number of halogens is 3. The Morgan fingerprint density at radius 2 is 2.24 bits per heavy atom. The molecule has 0 radical (unpaired) electrons. The van der Waals surface area contributed by atoms with Gasteiger partial charge in [-0.2, -0.15) is 18.3 Å².